The van der Waals surface area contributed by atoms with Gasteiger partial charge in [0.15, 0.2) is 8.68 Å². The second-order valence-electron chi connectivity index (χ2n) is 3.08. The standard InChI is InChI=1S/C10H7N3S3/c11-8-5-12-9(15-8)16-10-13-6-3-1-2-4-7(6)14-10/h1-5H,11H2. The minimum atomic E-state index is 0.739. The van der Waals surface area contributed by atoms with Gasteiger partial charge in [0.05, 0.1) is 16.4 Å². The van der Waals surface area contributed by atoms with Crippen LogP contribution in [0.5, 0.6) is 0 Å². The molecular weight excluding hydrogens is 258 g/mol. The second-order valence-corrected chi connectivity index (χ2v) is 6.67. The van der Waals surface area contributed by atoms with E-state index in [0.717, 1.165) is 19.2 Å². The summed E-state index contributed by atoms with van der Waals surface area (Å²) in [6.07, 6.45) is 1.68. The Labute approximate surface area is 104 Å². The molecule has 1 aromatic carbocycles. The second kappa shape index (κ2) is 4.04. The van der Waals surface area contributed by atoms with Gasteiger partial charge in [0, 0.05) is 0 Å². The highest BCUT2D eigenvalue weighted by Gasteiger charge is 2.07. The molecule has 0 aliphatic rings. The van der Waals surface area contributed by atoms with E-state index in [1.54, 1.807) is 29.3 Å². The zero-order valence-corrected chi connectivity index (χ0v) is 10.5. The van der Waals surface area contributed by atoms with E-state index in [1.807, 2.05) is 18.2 Å². The Morgan fingerprint density at radius 3 is 2.75 bits per heavy atom. The lowest BCUT2D eigenvalue weighted by molar-refractivity contribution is 1.23. The van der Waals surface area contributed by atoms with Gasteiger partial charge in [0.25, 0.3) is 0 Å². The number of hydrogen-bond acceptors (Lipinski definition) is 6. The number of benzene rings is 1. The molecule has 0 saturated carbocycles. The number of thiazole rings is 2. The molecule has 3 aromatic rings. The van der Waals surface area contributed by atoms with Crippen LogP contribution in [0.25, 0.3) is 10.2 Å². The summed E-state index contributed by atoms with van der Waals surface area (Å²) >= 11 is 4.74. The highest BCUT2D eigenvalue weighted by atomic mass is 32.2. The molecule has 3 nitrogen and oxygen atoms in total. The molecule has 3 rings (SSSR count). The molecule has 6 heteroatoms. The van der Waals surface area contributed by atoms with Crippen LogP contribution in [-0.2, 0) is 0 Å². The molecule has 0 atom stereocenters. The van der Waals surface area contributed by atoms with E-state index in [1.165, 1.54) is 16.0 Å². The molecule has 0 fully saturated rings. The Hall–Kier alpha value is -1.11. The van der Waals surface area contributed by atoms with Crippen molar-refractivity contribution in [2.45, 2.75) is 8.68 Å². The van der Waals surface area contributed by atoms with Gasteiger partial charge in [0.1, 0.15) is 5.00 Å². The summed E-state index contributed by atoms with van der Waals surface area (Å²) in [4.78, 5) is 8.73. The number of hydrogen-bond donors (Lipinski definition) is 1. The molecule has 2 N–H and O–H groups in total. The van der Waals surface area contributed by atoms with Crippen LogP contribution in [0.3, 0.4) is 0 Å². The molecule has 16 heavy (non-hydrogen) atoms. The van der Waals surface area contributed by atoms with E-state index in [4.69, 9.17) is 5.73 Å². The third-order valence-corrected chi connectivity index (χ3v) is 4.95. The molecule has 0 radical (unpaired) electrons. The first-order valence-electron chi connectivity index (χ1n) is 4.56. The van der Waals surface area contributed by atoms with Gasteiger partial charge in [-0.2, -0.15) is 0 Å². The van der Waals surface area contributed by atoms with Gasteiger partial charge in [-0.25, -0.2) is 9.97 Å². The minimum absolute atomic E-state index is 0.739. The molecule has 0 spiro atoms. The van der Waals surface area contributed by atoms with Crippen LogP contribution >= 0.6 is 34.4 Å². The number of rotatable bonds is 2. The van der Waals surface area contributed by atoms with Crippen LogP contribution in [0.4, 0.5) is 5.00 Å². The molecule has 0 unspecified atom stereocenters. The predicted octanol–water partition coefficient (Wildman–Crippen LogP) is 3.49. The Bertz CT molecular complexity index is 596. The van der Waals surface area contributed by atoms with Gasteiger partial charge in [-0.1, -0.05) is 23.5 Å². The van der Waals surface area contributed by atoms with Crippen molar-refractivity contribution in [2.75, 3.05) is 5.73 Å². The van der Waals surface area contributed by atoms with Crippen molar-refractivity contribution in [3.63, 3.8) is 0 Å². The first kappa shape index (κ1) is 10.1. The Balaban J connectivity index is 1.95. The molecule has 0 amide bonds. The smallest absolute Gasteiger partial charge is 0.158 e. The van der Waals surface area contributed by atoms with Crippen molar-refractivity contribution in [3.8, 4) is 0 Å². The molecule has 0 aliphatic heterocycles. The fraction of sp³-hybridized carbons (Fsp3) is 0. The van der Waals surface area contributed by atoms with Crippen LogP contribution in [0.15, 0.2) is 39.1 Å². The van der Waals surface area contributed by atoms with Gasteiger partial charge in [-0.15, -0.1) is 11.3 Å². The van der Waals surface area contributed by atoms with Crippen molar-refractivity contribution in [3.05, 3.63) is 30.5 Å². The van der Waals surface area contributed by atoms with E-state index in [-0.39, 0.29) is 0 Å². The normalized spacial score (nSPS) is 11.0. The van der Waals surface area contributed by atoms with E-state index in [0.29, 0.717) is 0 Å². The van der Waals surface area contributed by atoms with Gasteiger partial charge in [-0.05, 0) is 23.9 Å². The van der Waals surface area contributed by atoms with E-state index < -0.39 is 0 Å². The molecule has 0 bridgehead atoms. The summed E-state index contributed by atoms with van der Waals surface area (Å²) in [5, 5.41) is 0.739. The number of aromatic nitrogens is 2. The lowest BCUT2D eigenvalue weighted by Crippen LogP contribution is -1.73. The Morgan fingerprint density at radius 1 is 1.12 bits per heavy atom. The largest absolute Gasteiger partial charge is 0.389 e. The van der Waals surface area contributed by atoms with Gasteiger partial charge in [0.2, 0.25) is 0 Å². The molecule has 0 aliphatic carbocycles. The molecule has 0 saturated heterocycles. The summed E-state index contributed by atoms with van der Waals surface area (Å²) in [6, 6.07) is 8.12. The van der Waals surface area contributed by atoms with Crippen molar-refractivity contribution >= 4 is 49.7 Å². The fourth-order valence-corrected chi connectivity index (χ4v) is 4.32. The summed E-state index contributed by atoms with van der Waals surface area (Å²) < 4.78 is 3.15. The predicted molar refractivity (Wildman–Crippen MR) is 70.3 cm³/mol. The number of nitrogens with two attached hydrogens (primary N) is 1. The third-order valence-electron chi connectivity index (χ3n) is 1.95. The Kier molecular flexibility index (Phi) is 2.55. The average Bonchev–Trinajstić information content (AvgIpc) is 2.84. The summed E-state index contributed by atoms with van der Waals surface area (Å²) in [7, 11) is 0. The van der Waals surface area contributed by atoms with Crippen LogP contribution in [-0.4, -0.2) is 9.97 Å². The zero-order chi connectivity index (χ0) is 11.0. The number of nitrogens with zero attached hydrogens (tertiary/aromatic N) is 2. The van der Waals surface area contributed by atoms with Gasteiger partial charge < -0.3 is 5.73 Å². The maximum atomic E-state index is 5.63. The monoisotopic (exact) mass is 265 g/mol. The molecular formula is C10H7N3S3. The van der Waals surface area contributed by atoms with Gasteiger partial charge >= 0.3 is 0 Å². The highest BCUT2D eigenvalue weighted by Crippen LogP contribution is 2.36. The van der Waals surface area contributed by atoms with Crippen LogP contribution in [0.2, 0.25) is 0 Å². The minimum Gasteiger partial charge on any atom is -0.389 e. The maximum absolute atomic E-state index is 5.63. The quantitative estimate of drug-likeness (QED) is 0.770. The summed E-state index contributed by atoms with van der Waals surface area (Å²) in [6.45, 7) is 0. The van der Waals surface area contributed by atoms with E-state index in [2.05, 4.69) is 16.0 Å². The third kappa shape index (κ3) is 1.91. The van der Waals surface area contributed by atoms with E-state index >= 15 is 0 Å². The summed E-state index contributed by atoms with van der Waals surface area (Å²) in [5.41, 5.74) is 6.67. The van der Waals surface area contributed by atoms with Crippen molar-refractivity contribution in [1.29, 1.82) is 0 Å². The van der Waals surface area contributed by atoms with Crippen molar-refractivity contribution in [1.82, 2.24) is 9.97 Å². The SMILES string of the molecule is Nc1cnc(Sc2nc3ccccc3s2)s1. The number of fused-ring (bicyclic) bond motifs is 1. The fourth-order valence-electron chi connectivity index (χ4n) is 1.29. The topological polar surface area (TPSA) is 51.8 Å². The first-order valence-corrected chi connectivity index (χ1v) is 7.01. The summed E-state index contributed by atoms with van der Waals surface area (Å²) in [5.74, 6) is 0. The molecule has 2 heterocycles. The number of para-hydroxylation sites is 1. The molecule has 2 aromatic heterocycles. The number of anilines is 1. The average molecular weight is 265 g/mol. The van der Waals surface area contributed by atoms with Crippen LogP contribution < -0.4 is 5.73 Å². The number of nitrogen functional groups attached to an aromatic ring is 1. The van der Waals surface area contributed by atoms with Gasteiger partial charge in [-0.3, -0.25) is 0 Å². The maximum Gasteiger partial charge on any atom is 0.158 e. The lowest BCUT2D eigenvalue weighted by Gasteiger charge is -1.87. The highest BCUT2D eigenvalue weighted by molar-refractivity contribution is 8.02. The first-order chi connectivity index (χ1) is 7.81. The van der Waals surface area contributed by atoms with Crippen LogP contribution in [0.1, 0.15) is 0 Å². The molecule has 80 valence electrons. The van der Waals surface area contributed by atoms with E-state index in [9.17, 15) is 0 Å². The van der Waals surface area contributed by atoms with Crippen molar-refractivity contribution < 1.29 is 0 Å². The van der Waals surface area contributed by atoms with Crippen molar-refractivity contribution in [2.24, 2.45) is 0 Å². The zero-order valence-electron chi connectivity index (χ0n) is 8.08. The Morgan fingerprint density at radius 2 is 2.00 bits per heavy atom. The lowest BCUT2D eigenvalue weighted by atomic mass is 10.3. The van der Waals surface area contributed by atoms with Crippen LogP contribution in [0, 0.1) is 0 Å².